The maximum Gasteiger partial charge on any atom is 0.294 e. The first-order valence-corrected chi connectivity index (χ1v) is 3.12. The molecule has 7 heteroatoms. The fourth-order valence-corrected chi connectivity index (χ4v) is 0.684. The van der Waals surface area contributed by atoms with Gasteiger partial charge in [-0.3, -0.25) is 4.79 Å². The highest BCUT2D eigenvalue weighted by atomic mass is 16.1. The van der Waals surface area contributed by atoms with E-state index in [9.17, 15) is 4.79 Å². The molecule has 0 radical (unpaired) electrons. The Morgan fingerprint density at radius 1 is 1.67 bits per heavy atom. The summed E-state index contributed by atoms with van der Waals surface area (Å²) < 4.78 is 1.25. The molecule has 0 bridgehead atoms. The van der Waals surface area contributed by atoms with Crippen molar-refractivity contribution in [2.75, 3.05) is 0 Å². The SMILES string of the molecule is Cc1nn(C)c(N=[N+]=[N-])nc1=O. The van der Waals surface area contributed by atoms with Crippen LogP contribution in [0.3, 0.4) is 0 Å². The molecule has 1 rings (SSSR count). The number of aryl methyl sites for hydroxylation is 2. The lowest BCUT2D eigenvalue weighted by molar-refractivity contribution is 0.690. The molecule has 0 unspecified atom stereocenters. The highest BCUT2D eigenvalue weighted by Gasteiger charge is 2.00. The van der Waals surface area contributed by atoms with Crippen LogP contribution in [0.4, 0.5) is 5.95 Å². The first-order chi connectivity index (χ1) is 5.65. The van der Waals surface area contributed by atoms with Crippen molar-refractivity contribution in [1.29, 1.82) is 0 Å². The first kappa shape index (κ1) is 8.22. The molecule has 12 heavy (non-hydrogen) atoms. The van der Waals surface area contributed by atoms with Crippen LogP contribution in [0.25, 0.3) is 10.4 Å². The van der Waals surface area contributed by atoms with Gasteiger partial charge in [0, 0.05) is 12.0 Å². The number of rotatable bonds is 1. The standard InChI is InChI=1S/C5H6N6O/c1-3-4(12)7-5(8-10-6)11(2)9-3/h1-2H3. The van der Waals surface area contributed by atoms with Crippen LogP contribution < -0.4 is 5.56 Å². The number of nitrogens with zero attached hydrogens (tertiary/aromatic N) is 6. The molecular weight excluding hydrogens is 160 g/mol. The molecule has 1 aromatic rings. The molecule has 0 amide bonds. The molecule has 0 aromatic carbocycles. The third kappa shape index (κ3) is 1.40. The molecule has 1 heterocycles. The second-order valence-corrected chi connectivity index (χ2v) is 2.12. The van der Waals surface area contributed by atoms with E-state index in [1.165, 1.54) is 11.6 Å². The van der Waals surface area contributed by atoms with Crippen LogP contribution in [-0.4, -0.2) is 14.8 Å². The molecule has 62 valence electrons. The minimum Gasteiger partial charge on any atom is -0.265 e. The molecule has 0 fully saturated rings. The van der Waals surface area contributed by atoms with Crippen molar-refractivity contribution in [2.24, 2.45) is 12.2 Å². The third-order valence-electron chi connectivity index (χ3n) is 1.23. The lowest BCUT2D eigenvalue weighted by Gasteiger charge is -1.99. The van der Waals surface area contributed by atoms with Crippen LogP contribution in [0.1, 0.15) is 5.69 Å². The second-order valence-electron chi connectivity index (χ2n) is 2.12. The van der Waals surface area contributed by atoms with E-state index < -0.39 is 5.56 Å². The fraction of sp³-hybridized carbons (Fsp3) is 0.400. The third-order valence-corrected chi connectivity index (χ3v) is 1.23. The zero-order valence-electron chi connectivity index (χ0n) is 6.59. The average molecular weight is 166 g/mol. The summed E-state index contributed by atoms with van der Waals surface area (Å²) in [6, 6.07) is 0. The summed E-state index contributed by atoms with van der Waals surface area (Å²) in [7, 11) is 1.55. The van der Waals surface area contributed by atoms with E-state index in [1.54, 1.807) is 7.05 Å². The second kappa shape index (κ2) is 3.02. The Balaban J connectivity index is 3.42. The monoisotopic (exact) mass is 166 g/mol. The lowest BCUT2D eigenvalue weighted by atomic mass is 10.5. The van der Waals surface area contributed by atoms with Gasteiger partial charge in [-0.2, -0.15) is 10.1 Å². The first-order valence-electron chi connectivity index (χ1n) is 3.12. The number of aromatic nitrogens is 3. The van der Waals surface area contributed by atoms with Gasteiger partial charge in [0.1, 0.15) is 5.69 Å². The van der Waals surface area contributed by atoms with Crippen molar-refractivity contribution in [3.8, 4) is 0 Å². The van der Waals surface area contributed by atoms with E-state index in [4.69, 9.17) is 5.53 Å². The average Bonchev–Trinajstić information content (AvgIpc) is 2.01. The summed E-state index contributed by atoms with van der Waals surface area (Å²) in [6.07, 6.45) is 0. The van der Waals surface area contributed by atoms with Crippen LogP contribution in [0.2, 0.25) is 0 Å². The molecule has 0 aliphatic rings. The van der Waals surface area contributed by atoms with E-state index >= 15 is 0 Å². The van der Waals surface area contributed by atoms with E-state index in [2.05, 4.69) is 20.1 Å². The number of hydrogen-bond acceptors (Lipinski definition) is 4. The molecule has 0 aliphatic heterocycles. The van der Waals surface area contributed by atoms with Crippen molar-refractivity contribution in [3.05, 3.63) is 26.5 Å². The van der Waals surface area contributed by atoms with E-state index in [0.29, 0.717) is 0 Å². The van der Waals surface area contributed by atoms with Gasteiger partial charge in [-0.05, 0) is 17.6 Å². The Hall–Kier alpha value is -1.88. The Labute approximate surface area is 67.3 Å². The van der Waals surface area contributed by atoms with Gasteiger partial charge >= 0.3 is 0 Å². The zero-order valence-corrected chi connectivity index (χ0v) is 6.59. The topological polar surface area (TPSA) is 96.5 Å². The van der Waals surface area contributed by atoms with Gasteiger partial charge in [-0.15, -0.1) is 0 Å². The van der Waals surface area contributed by atoms with Crippen molar-refractivity contribution >= 4 is 5.95 Å². The normalized spacial score (nSPS) is 9.17. The van der Waals surface area contributed by atoms with Gasteiger partial charge < -0.3 is 0 Å². The highest BCUT2D eigenvalue weighted by Crippen LogP contribution is 2.00. The fourth-order valence-electron chi connectivity index (χ4n) is 0.684. The van der Waals surface area contributed by atoms with Gasteiger partial charge in [0.25, 0.3) is 5.56 Å². The van der Waals surface area contributed by atoms with Crippen LogP contribution in [0, 0.1) is 6.92 Å². The van der Waals surface area contributed by atoms with Crippen LogP contribution in [0.15, 0.2) is 9.91 Å². The molecule has 0 N–H and O–H groups in total. The molecule has 0 saturated heterocycles. The predicted molar refractivity (Wildman–Crippen MR) is 40.8 cm³/mol. The summed E-state index contributed by atoms with van der Waals surface area (Å²) in [5, 5.41) is 6.95. The molecule has 0 saturated carbocycles. The molecule has 0 aliphatic carbocycles. The molecule has 1 aromatic heterocycles. The summed E-state index contributed by atoms with van der Waals surface area (Å²) in [4.78, 5) is 16.9. The zero-order chi connectivity index (χ0) is 9.14. The van der Waals surface area contributed by atoms with Crippen LogP contribution >= 0.6 is 0 Å². The van der Waals surface area contributed by atoms with Gasteiger partial charge in [-0.1, -0.05) is 0 Å². The maximum absolute atomic E-state index is 10.9. The molecule has 0 atom stereocenters. The minimum absolute atomic E-state index is 0.0342. The summed E-state index contributed by atoms with van der Waals surface area (Å²) in [5.74, 6) is -0.0342. The van der Waals surface area contributed by atoms with Gasteiger partial charge in [0.05, 0.1) is 0 Å². The Morgan fingerprint density at radius 3 is 2.92 bits per heavy atom. The van der Waals surface area contributed by atoms with E-state index in [-0.39, 0.29) is 11.6 Å². The minimum atomic E-state index is -0.476. The Kier molecular flexibility index (Phi) is 2.07. The largest absolute Gasteiger partial charge is 0.294 e. The van der Waals surface area contributed by atoms with E-state index in [1.807, 2.05) is 0 Å². The van der Waals surface area contributed by atoms with Gasteiger partial charge in [0.15, 0.2) is 0 Å². The van der Waals surface area contributed by atoms with Gasteiger partial charge in [-0.25, -0.2) is 4.68 Å². The van der Waals surface area contributed by atoms with Crippen molar-refractivity contribution in [3.63, 3.8) is 0 Å². The highest BCUT2D eigenvalue weighted by molar-refractivity contribution is 5.12. The van der Waals surface area contributed by atoms with Crippen LogP contribution in [-0.2, 0) is 7.05 Å². The van der Waals surface area contributed by atoms with Crippen LogP contribution in [0.5, 0.6) is 0 Å². The Morgan fingerprint density at radius 2 is 2.33 bits per heavy atom. The maximum atomic E-state index is 10.9. The molecule has 0 spiro atoms. The lowest BCUT2D eigenvalue weighted by Crippen LogP contribution is -2.16. The van der Waals surface area contributed by atoms with Crippen molar-refractivity contribution < 1.29 is 0 Å². The molecule has 7 nitrogen and oxygen atoms in total. The number of azide groups is 1. The summed E-state index contributed by atoms with van der Waals surface area (Å²) >= 11 is 0. The Bertz CT molecular complexity index is 401. The van der Waals surface area contributed by atoms with Crippen molar-refractivity contribution in [1.82, 2.24) is 14.8 Å². The predicted octanol–water partition coefficient (Wildman–Crippen LogP) is 0.426. The smallest absolute Gasteiger partial charge is 0.265 e. The van der Waals surface area contributed by atoms with E-state index in [0.717, 1.165) is 0 Å². The van der Waals surface area contributed by atoms with Crippen molar-refractivity contribution in [2.45, 2.75) is 6.92 Å². The quantitative estimate of drug-likeness (QED) is 0.343. The van der Waals surface area contributed by atoms with Gasteiger partial charge in [0.2, 0.25) is 5.95 Å². The molecular formula is C5H6N6O. The summed E-state index contributed by atoms with van der Waals surface area (Å²) in [6.45, 7) is 1.54. The summed E-state index contributed by atoms with van der Waals surface area (Å²) in [5.41, 5.74) is 7.88. The number of hydrogen-bond donors (Lipinski definition) is 0.